The molecule has 1 saturated heterocycles. The summed E-state index contributed by atoms with van der Waals surface area (Å²) in [6.07, 6.45) is 5.75. The largest absolute Gasteiger partial charge is 0.472 e. The van der Waals surface area contributed by atoms with Gasteiger partial charge >= 0.3 is 0 Å². The highest BCUT2D eigenvalue weighted by Gasteiger charge is 2.27. The summed E-state index contributed by atoms with van der Waals surface area (Å²) >= 11 is 0. The number of ether oxygens (including phenoxy) is 1. The second-order valence-electron chi connectivity index (χ2n) is 7.17. The monoisotopic (exact) mass is 380 g/mol. The van der Waals surface area contributed by atoms with Crippen molar-refractivity contribution in [1.29, 1.82) is 0 Å². The minimum atomic E-state index is -0.0931. The van der Waals surface area contributed by atoms with Gasteiger partial charge < -0.3 is 19.5 Å². The number of carbonyl (C=O) groups excluding carboxylic acids is 1. The molecule has 8 nitrogen and oxygen atoms in total. The molecule has 0 saturated carbocycles. The average Bonchev–Trinajstić information content (AvgIpc) is 3.41. The van der Waals surface area contributed by atoms with Crippen molar-refractivity contribution < 1.29 is 9.53 Å². The van der Waals surface area contributed by atoms with Crippen molar-refractivity contribution in [2.45, 2.75) is 32.4 Å². The van der Waals surface area contributed by atoms with Crippen molar-refractivity contribution in [3.05, 3.63) is 43.2 Å². The summed E-state index contributed by atoms with van der Waals surface area (Å²) < 4.78 is 8.43. The maximum atomic E-state index is 11.8. The first kappa shape index (κ1) is 18.1. The molecule has 0 bridgehead atoms. The van der Waals surface area contributed by atoms with Crippen LogP contribution in [0.5, 0.6) is 5.88 Å². The zero-order chi connectivity index (χ0) is 19.7. The number of H-pyrrole nitrogens is 1. The van der Waals surface area contributed by atoms with Gasteiger partial charge in [0.2, 0.25) is 11.8 Å². The summed E-state index contributed by atoms with van der Waals surface area (Å²) in [5.41, 5.74) is 1.04. The molecule has 1 amide bonds. The fourth-order valence-electron chi connectivity index (χ4n) is 3.50. The number of pyridine rings is 1. The summed E-state index contributed by atoms with van der Waals surface area (Å²) in [6.45, 7) is 9.04. The molecule has 1 aliphatic heterocycles. The molecule has 1 atom stereocenters. The molecule has 1 unspecified atom stereocenters. The maximum absolute atomic E-state index is 11.8. The highest BCUT2D eigenvalue weighted by molar-refractivity contribution is 5.88. The molecule has 0 spiro atoms. The van der Waals surface area contributed by atoms with E-state index in [4.69, 9.17) is 4.74 Å². The summed E-state index contributed by atoms with van der Waals surface area (Å²) in [5, 5.41) is 11.0. The highest BCUT2D eigenvalue weighted by Crippen LogP contribution is 2.32. The number of fused-ring (bicyclic) bond motifs is 1. The normalized spacial score (nSPS) is 16.7. The molecule has 0 aliphatic carbocycles. The fourth-order valence-corrected chi connectivity index (χ4v) is 3.50. The lowest BCUT2D eigenvalue weighted by Gasteiger charge is -2.17. The van der Waals surface area contributed by atoms with E-state index >= 15 is 0 Å². The predicted molar refractivity (Wildman–Crippen MR) is 108 cm³/mol. The molecule has 0 aromatic carbocycles. The molecule has 8 heteroatoms. The fraction of sp³-hybridized carbons (Fsp3) is 0.350. The van der Waals surface area contributed by atoms with Crippen molar-refractivity contribution in [1.82, 2.24) is 24.6 Å². The number of rotatable bonds is 6. The van der Waals surface area contributed by atoms with Crippen LogP contribution in [-0.2, 0) is 4.79 Å². The van der Waals surface area contributed by atoms with E-state index in [-0.39, 0.29) is 12.0 Å². The van der Waals surface area contributed by atoms with Gasteiger partial charge in [0.15, 0.2) is 0 Å². The van der Waals surface area contributed by atoms with E-state index in [2.05, 4.69) is 45.5 Å². The number of anilines is 2. The van der Waals surface area contributed by atoms with Crippen molar-refractivity contribution in [3.63, 3.8) is 0 Å². The van der Waals surface area contributed by atoms with E-state index in [1.807, 2.05) is 24.4 Å². The second-order valence-corrected chi connectivity index (χ2v) is 7.17. The van der Waals surface area contributed by atoms with Crippen LogP contribution in [0.4, 0.5) is 11.6 Å². The van der Waals surface area contributed by atoms with E-state index in [1.54, 1.807) is 11.1 Å². The van der Waals surface area contributed by atoms with Crippen LogP contribution in [0.1, 0.15) is 26.3 Å². The maximum Gasteiger partial charge on any atom is 0.246 e. The van der Waals surface area contributed by atoms with Crippen LogP contribution in [0.15, 0.2) is 43.2 Å². The Kier molecular flexibility index (Phi) is 4.77. The van der Waals surface area contributed by atoms with Crippen LogP contribution in [0, 0.1) is 0 Å². The van der Waals surface area contributed by atoms with E-state index < -0.39 is 0 Å². The van der Waals surface area contributed by atoms with Gasteiger partial charge in [0.05, 0.1) is 23.6 Å². The van der Waals surface area contributed by atoms with Crippen molar-refractivity contribution in [3.8, 4) is 5.88 Å². The Hall–Kier alpha value is -3.29. The first-order valence-electron chi connectivity index (χ1n) is 9.41. The molecule has 4 rings (SSSR count). The van der Waals surface area contributed by atoms with Gasteiger partial charge in [-0.25, -0.2) is 0 Å². The van der Waals surface area contributed by atoms with E-state index in [0.717, 1.165) is 23.1 Å². The topological polar surface area (TPSA) is 88.1 Å². The number of hydrogen-bond acceptors (Lipinski definition) is 5. The number of nitrogens with one attached hydrogen (secondary N) is 2. The quantitative estimate of drug-likeness (QED) is 0.641. The van der Waals surface area contributed by atoms with E-state index in [9.17, 15) is 4.79 Å². The van der Waals surface area contributed by atoms with Crippen LogP contribution in [0.2, 0.25) is 0 Å². The Morgan fingerprint density at radius 1 is 1.46 bits per heavy atom. The number of nitrogens with zero attached hydrogens (tertiary/aromatic N) is 4. The van der Waals surface area contributed by atoms with Gasteiger partial charge in [-0.1, -0.05) is 6.58 Å². The van der Waals surface area contributed by atoms with Crippen LogP contribution in [-0.4, -0.2) is 49.7 Å². The standard InChI is InChI=1S/C20H24N6O2/c1-4-19(27)25-9-6-14(12-25)28-20-15-7-10-26(13(2)3)16(15)11-18(23-20)22-17-5-8-21-24-17/h4-5,7-8,10-11,13-14H,1,6,9,12H2,2-3H3,(H2,21,22,23,24). The van der Waals surface area contributed by atoms with Crippen molar-refractivity contribution in [2.24, 2.45) is 0 Å². The molecular formula is C20H24N6O2. The number of aromatic amines is 1. The van der Waals surface area contributed by atoms with Gasteiger partial charge in [-0.05, 0) is 26.0 Å². The van der Waals surface area contributed by atoms with Gasteiger partial charge in [0.1, 0.15) is 17.7 Å². The minimum Gasteiger partial charge on any atom is -0.472 e. The van der Waals surface area contributed by atoms with E-state index in [0.29, 0.717) is 30.8 Å². The van der Waals surface area contributed by atoms with Crippen molar-refractivity contribution >= 4 is 28.4 Å². The van der Waals surface area contributed by atoms with Gasteiger partial charge in [0.25, 0.3) is 0 Å². The third kappa shape index (κ3) is 3.45. The number of hydrogen-bond donors (Lipinski definition) is 2. The van der Waals surface area contributed by atoms with Gasteiger partial charge in [-0.15, -0.1) is 0 Å². The summed E-state index contributed by atoms with van der Waals surface area (Å²) in [4.78, 5) is 18.3. The number of aromatic nitrogens is 4. The van der Waals surface area contributed by atoms with Crippen LogP contribution < -0.4 is 10.1 Å². The molecule has 3 aromatic rings. The number of likely N-dealkylation sites (tertiary alicyclic amines) is 1. The third-order valence-electron chi connectivity index (χ3n) is 4.91. The predicted octanol–water partition coefficient (Wildman–Crippen LogP) is 3.25. The van der Waals surface area contributed by atoms with Crippen LogP contribution in [0.25, 0.3) is 10.9 Å². The summed E-state index contributed by atoms with van der Waals surface area (Å²) in [6, 6.07) is 6.17. The lowest BCUT2D eigenvalue weighted by Crippen LogP contribution is -2.29. The lowest BCUT2D eigenvalue weighted by molar-refractivity contribution is -0.125. The second kappa shape index (κ2) is 7.38. The number of carbonyl (C=O) groups is 1. The molecule has 1 fully saturated rings. The average molecular weight is 380 g/mol. The molecule has 3 aromatic heterocycles. The van der Waals surface area contributed by atoms with Crippen LogP contribution in [0.3, 0.4) is 0 Å². The Morgan fingerprint density at radius 3 is 3.04 bits per heavy atom. The first-order valence-corrected chi connectivity index (χ1v) is 9.41. The van der Waals surface area contributed by atoms with Gasteiger partial charge in [-0.3, -0.25) is 9.89 Å². The van der Waals surface area contributed by atoms with Gasteiger partial charge in [0, 0.05) is 37.3 Å². The highest BCUT2D eigenvalue weighted by atomic mass is 16.5. The van der Waals surface area contributed by atoms with Crippen LogP contribution >= 0.6 is 0 Å². The van der Waals surface area contributed by atoms with Crippen molar-refractivity contribution in [2.75, 3.05) is 18.4 Å². The molecule has 4 heterocycles. The SMILES string of the molecule is C=CC(=O)N1CCC(Oc2nc(Nc3ccn[nH]3)cc3c2ccn3C(C)C)C1. The molecule has 0 radical (unpaired) electrons. The molecule has 2 N–H and O–H groups in total. The summed E-state index contributed by atoms with van der Waals surface area (Å²) in [7, 11) is 0. The van der Waals surface area contributed by atoms with Gasteiger partial charge in [-0.2, -0.15) is 10.1 Å². The number of amides is 1. The summed E-state index contributed by atoms with van der Waals surface area (Å²) in [5.74, 6) is 1.93. The van der Waals surface area contributed by atoms with E-state index in [1.165, 1.54) is 6.08 Å². The zero-order valence-corrected chi connectivity index (χ0v) is 16.1. The molecule has 28 heavy (non-hydrogen) atoms. The smallest absolute Gasteiger partial charge is 0.246 e. The first-order chi connectivity index (χ1) is 13.5. The molecular weight excluding hydrogens is 356 g/mol. The zero-order valence-electron chi connectivity index (χ0n) is 16.1. The molecule has 1 aliphatic rings. The Morgan fingerprint density at radius 2 is 2.32 bits per heavy atom. The Balaban J connectivity index is 1.66. The lowest BCUT2D eigenvalue weighted by atomic mass is 10.2. The minimum absolute atomic E-state index is 0.0650. The Bertz CT molecular complexity index is 992. The molecule has 146 valence electrons. The Labute approximate surface area is 163 Å². The third-order valence-corrected chi connectivity index (χ3v) is 4.91.